The van der Waals surface area contributed by atoms with E-state index in [1.54, 1.807) is 20.8 Å². The number of alkyl halides is 3. The van der Waals surface area contributed by atoms with E-state index in [1.807, 2.05) is 0 Å². The standard InChI is InChI=1S/C16H21F3N2O4/c1-4-25-14(24)15(3)6-5-10(7-9(15)2)21-12(16(17,18)19)11(8-20-21)13(22)23/h8-10H,4-7H2,1-3H3,(H,22,23)/t9-,10+,15-/m0/s1. The molecular weight excluding hydrogens is 341 g/mol. The summed E-state index contributed by atoms with van der Waals surface area (Å²) in [4.78, 5) is 23.3. The summed E-state index contributed by atoms with van der Waals surface area (Å²) in [6, 6.07) is -0.623. The van der Waals surface area contributed by atoms with E-state index in [1.165, 1.54) is 0 Å². The van der Waals surface area contributed by atoms with Gasteiger partial charge in [-0.05, 0) is 39.0 Å². The second-order valence-corrected chi connectivity index (χ2v) is 6.62. The summed E-state index contributed by atoms with van der Waals surface area (Å²) in [7, 11) is 0. The van der Waals surface area contributed by atoms with Crippen LogP contribution in [-0.2, 0) is 15.7 Å². The second kappa shape index (κ2) is 6.68. The van der Waals surface area contributed by atoms with Crippen LogP contribution in [0.3, 0.4) is 0 Å². The van der Waals surface area contributed by atoms with Crippen molar-refractivity contribution < 1.29 is 32.6 Å². The van der Waals surface area contributed by atoms with E-state index in [0.29, 0.717) is 6.42 Å². The zero-order chi connectivity index (χ0) is 19.0. The highest BCUT2D eigenvalue weighted by atomic mass is 19.4. The molecule has 1 N–H and O–H groups in total. The average Bonchev–Trinajstić information content (AvgIpc) is 2.95. The van der Waals surface area contributed by atoms with Crippen molar-refractivity contribution in [2.24, 2.45) is 11.3 Å². The highest BCUT2D eigenvalue weighted by molar-refractivity contribution is 5.88. The van der Waals surface area contributed by atoms with Gasteiger partial charge >= 0.3 is 18.1 Å². The van der Waals surface area contributed by atoms with Crippen LogP contribution in [0.2, 0.25) is 0 Å². The molecule has 1 fully saturated rings. The maximum absolute atomic E-state index is 13.3. The predicted octanol–water partition coefficient (Wildman–Crippen LogP) is 3.53. The van der Waals surface area contributed by atoms with Gasteiger partial charge in [0.1, 0.15) is 5.56 Å². The number of aromatic carboxylic acids is 1. The average molecular weight is 362 g/mol. The summed E-state index contributed by atoms with van der Waals surface area (Å²) in [6.07, 6.45) is -3.19. The van der Waals surface area contributed by atoms with E-state index in [4.69, 9.17) is 9.84 Å². The first-order valence-corrected chi connectivity index (χ1v) is 8.07. The number of hydrogen-bond donors (Lipinski definition) is 1. The Labute approximate surface area is 143 Å². The van der Waals surface area contributed by atoms with Crippen molar-refractivity contribution in [1.29, 1.82) is 0 Å². The molecule has 3 atom stereocenters. The lowest BCUT2D eigenvalue weighted by Gasteiger charge is -2.41. The van der Waals surface area contributed by atoms with Gasteiger partial charge in [-0.2, -0.15) is 18.3 Å². The number of carbonyl (C=O) groups excluding carboxylic acids is 1. The third-order valence-electron chi connectivity index (χ3n) is 5.09. The molecular formula is C16H21F3N2O4. The Morgan fingerprint density at radius 1 is 1.48 bits per heavy atom. The lowest BCUT2D eigenvalue weighted by molar-refractivity contribution is -0.161. The van der Waals surface area contributed by atoms with Crippen LogP contribution in [-0.4, -0.2) is 33.4 Å². The lowest BCUT2D eigenvalue weighted by atomic mass is 9.67. The molecule has 1 saturated carbocycles. The van der Waals surface area contributed by atoms with Gasteiger partial charge in [-0.25, -0.2) is 4.79 Å². The maximum Gasteiger partial charge on any atom is 0.433 e. The number of halogens is 3. The molecule has 25 heavy (non-hydrogen) atoms. The minimum atomic E-state index is -4.82. The van der Waals surface area contributed by atoms with Crippen LogP contribution in [0.4, 0.5) is 13.2 Å². The van der Waals surface area contributed by atoms with Crippen LogP contribution in [0.15, 0.2) is 6.20 Å². The van der Waals surface area contributed by atoms with E-state index in [2.05, 4.69) is 5.10 Å². The normalized spacial score (nSPS) is 27.1. The van der Waals surface area contributed by atoms with Crippen molar-refractivity contribution in [3.8, 4) is 0 Å². The van der Waals surface area contributed by atoms with E-state index < -0.39 is 34.9 Å². The fourth-order valence-corrected chi connectivity index (χ4v) is 3.40. The molecule has 0 bridgehead atoms. The number of carboxylic acid groups (broad SMARTS) is 1. The van der Waals surface area contributed by atoms with Crippen LogP contribution in [0.5, 0.6) is 0 Å². The minimum absolute atomic E-state index is 0.233. The van der Waals surface area contributed by atoms with Crippen LogP contribution in [0.1, 0.15) is 62.1 Å². The summed E-state index contributed by atoms with van der Waals surface area (Å²) in [6.45, 7) is 5.48. The largest absolute Gasteiger partial charge is 0.478 e. The molecule has 0 spiro atoms. The SMILES string of the molecule is CCOC(=O)[C@@]1(C)CC[C@@H](n2ncc(C(=O)O)c2C(F)(F)F)C[C@@H]1C. The number of rotatable bonds is 4. The van der Waals surface area contributed by atoms with E-state index >= 15 is 0 Å². The summed E-state index contributed by atoms with van der Waals surface area (Å²) >= 11 is 0. The fourth-order valence-electron chi connectivity index (χ4n) is 3.40. The Bertz CT molecular complexity index is 671. The monoisotopic (exact) mass is 362 g/mol. The molecule has 0 aliphatic heterocycles. The van der Waals surface area contributed by atoms with E-state index in [9.17, 15) is 22.8 Å². The van der Waals surface area contributed by atoms with Crippen molar-refractivity contribution in [1.82, 2.24) is 9.78 Å². The first-order chi connectivity index (χ1) is 11.5. The molecule has 1 aliphatic carbocycles. The fraction of sp³-hybridized carbons (Fsp3) is 0.688. The molecule has 1 aromatic rings. The molecule has 0 amide bonds. The van der Waals surface area contributed by atoms with Crippen molar-refractivity contribution in [2.45, 2.75) is 52.3 Å². The topological polar surface area (TPSA) is 81.4 Å². The van der Waals surface area contributed by atoms with E-state index in [-0.39, 0.29) is 31.3 Å². The number of nitrogens with zero attached hydrogens (tertiary/aromatic N) is 2. The lowest BCUT2D eigenvalue weighted by Crippen LogP contribution is -2.41. The number of ether oxygens (including phenoxy) is 1. The molecule has 140 valence electrons. The van der Waals surface area contributed by atoms with Crippen LogP contribution in [0, 0.1) is 11.3 Å². The van der Waals surface area contributed by atoms with Gasteiger partial charge in [-0.3, -0.25) is 9.48 Å². The first-order valence-electron chi connectivity index (χ1n) is 8.07. The van der Waals surface area contributed by atoms with Gasteiger partial charge in [-0.1, -0.05) is 6.92 Å². The molecule has 1 heterocycles. The number of carbonyl (C=O) groups is 2. The van der Waals surface area contributed by atoms with Crippen LogP contribution < -0.4 is 0 Å². The van der Waals surface area contributed by atoms with Crippen molar-refractivity contribution in [3.05, 3.63) is 17.5 Å². The van der Waals surface area contributed by atoms with Gasteiger partial charge in [0.2, 0.25) is 0 Å². The number of carboxylic acids is 1. The Balaban J connectivity index is 2.32. The van der Waals surface area contributed by atoms with Crippen molar-refractivity contribution >= 4 is 11.9 Å². The smallest absolute Gasteiger partial charge is 0.433 e. The molecule has 0 radical (unpaired) electrons. The molecule has 1 aliphatic rings. The zero-order valence-electron chi connectivity index (χ0n) is 14.3. The van der Waals surface area contributed by atoms with Crippen LogP contribution in [0.25, 0.3) is 0 Å². The molecule has 6 nitrogen and oxygen atoms in total. The Morgan fingerprint density at radius 3 is 2.60 bits per heavy atom. The third kappa shape index (κ3) is 3.50. The number of hydrogen-bond acceptors (Lipinski definition) is 4. The molecule has 1 aromatic heterocycles. The van der Waals surface area contributed by atoms with Crippen molar-refractivity contribution in [2.75, 3.05) is 6.61 Å². The summed E-state index contributed by atoms with van der Waals surface area (Å²) in [5, 5.41) is 12.7. The Kier molecular flexibility index (Phi) is 5.15. The number of aromatic nitrogens is 2. The Hall–Kier alpha value is -2.06. The van der Waals surface area contributed by atoms with E-state index in [0.717, 1.165) is 10.9 Å². The minimum Gasteiger partial charge on any atom is -0.478 e. The summed E-state index contributed by atoms with van der Waals surface area (Å²) in [5.74, 6) is -2.26. The van der Waals surface area contributed by atoms with Crippen LogP contribution >= 0.6 is 0 Å². The maximum atomic E-state index is 13.3. The van der Waals surface area contributed by atoms with Gasteiger partial charge < -0.3 is 9.84 Å². The highest BCUT2D eigenvalue weighted by Crippen LogP contribution is 2.47. The predicted molar refractivity (Wildman–Crippen MR) is 81.0 cm³/mol. The highest BCUT2D eigenvalue weighted by Gasteiger charge is 2.47. The van der Waals surface area contributed by atoms with Gasteiger partial charge in [0.25, 0.3) is 0 Å². The second-order valence-electron chi connectivity index (χ2n) is 6.62. The van der Waals surface area contributed by atoms with Gasteiger partial charge in [0, 0.05) is 0 Å². The third-order valence-corrected chi connectivity index (χ3v) is 5.09. The summed E-state index contributed by atoms with van der Waals surface area (Å²) in [5.41, 5.74) is -2.89. The number of esters is 1. The van der Waals surface area contributed by atoms with Gasteiger partial charge in [0.15, 0.2) is 5.69 Å². The van der Waals surface area contributed by atoms with Crippen molar-refractivity contribution in [3.63, 3.8) is 0 Å². The molecule has 2 rings (SSSR count). The van der Waals surface area contributed by atoms with Gasteiger partial charge in [0.05, 0.1) is 24.3 Å². The summed E-state index contributed by atoms with van der Waals surface area (Å²) < 4.78 is 45.9. The quantitative estimate of drug-likeness (QED) is 0.829. The molecule has 0 aromatic carbocycles. The van der Waals surface area contributed by atoms with Gasteiger partial charge in [-0.15, -0.1) is 0 Å². The first kappa shape index (κ1) is 19.3. The Morgan fingerprint density at radius 2 is 2.12 bits per heavy atom. The molecule has 0 unspecified atom stereocenters. The molecule has 0 saturated heterocycles. The molecule has 9 heteroatoms. The zero-order valence-corrected chi connectivity index (χ0v) is 14.3.